The first kappa shape index (κ1) is 18.3. The molecule has 140 valence electrons. The monoisotopic (exact) mass is 358 g/mol. The van der Waals surface area contributed by atoms with E-state index in [1.807, 2.05) is 14.0 Å². The molecule has 2 aromatic heterocycles. The smallest absolute Gasteiger partial charge is 0.271 e. The summed E-state index contributed by atoms with van der Waals surface area (Å²) in [5.74, 6) is -0.139. The summed E-state index contributed by atoms with van der Waals surface area (Å²) < 4.78 is 3.19. The fourth-order valence-electron chi connectivity index (χ4n) is 3.34. The van der Waals surface area contributed by atoms with Crippen molar-refractivity contribution in [1.29, 1.82) is 0 Å². The van der Waals surface area contributed by atoms with Crippen LogP contribution in [0.25, 0.3) is 0 Å². The van der Waals surface area contributed by atoms with Crippen LogP contribution in [0, 0.1) is 6.92 Å². The van der Waals surface area contributed by atoms with Crippen LogP contribution in [0.5, 0.6) is 0 Å². The van der Waals surface area contributed by atoms with E-state index in [9.17, 15) is 9.59 Å². The normalized spacial score (nSPS) is 18.0. The van der Waals surface area contributed by atoms with E-state index in [1.54, 1.807) is 23.0 Å². The number of carbonyl (C=O) groups excluding carboxylic acids is 1. The van der Waals surface area contributed by atoms with Crippen LogP contribution in [0.15, 0.2) is 29.2 Å². The van der Waals surface area contributed by atoms with E-state index in [2.05, 4.69) is 20.4 Å². The largest absolute Gasteiger partial charge is 0.349 e. The summed E-state index contributed by atoms with van der Waals surface area (Å²) in [6, 6.07) is 5.24. The van der Waals surface area contributed by atoms with Crippen LogP contribution in [0.2, 0.25) is 0 Å². The van der Waals surface area contributed by atoms with Gasteiger partial charge in [0.25, 0.3) is 11.5 Å². The van der Waals surface area contributed by atoms with Gasteiger partial charge in [-0.25, -0.2) is 4.68 Å². The molecule has 1 atom stereocenters. The molecule has 0 radical (unpaired) electrons. The van der Waals surface area contributed by atoms with Gasteiger partial charge in [-0.15, -0.1) is 0 Å². The van der Waals surface area contributed by atoms with Crippen molar-refractivity contribution in [2.45, 2.75) is 38.8 Å². The molecular weight excluding hydrogens is 332 g/mol. The minimum atomic E-state index is -0.139. The summed E-state index contributed by atoms with van der Waals surface area (Å²) >= 11 is 0. The second kappa shape index (κ2) is 8.27. The molecule has 3 heterocycles. The number of likely N-dealkylation sites (tertiary alicyclic amines) is 1. The molecule has 2 aromatic rings. The van der Waals surface area contributed by atoms with Gasteiger partial charge in [0.15, 0.2) is 0 Å². The zero-order chi connectivity index (χ0) is 18.5. The summed E-state index contributed by atoms with van der Waals surface area (Å²) in [6.07, 6.45) is 4.97. The Labute approximate surface area is 152 Å². The summed E-state index contributed by atoms with van der Waals surface area (Å²) in [4.78, 5) is 26.5. The van der Waals surface area contributed by atoms with E-state index < -0.39 is 0 Å². The van der Waals surface area contributed by atoms with Gasteiger partial charge in [-0.1, -0.05) is 6.42 Å². The van der Waals surface area contributed by atoms with Crippen LogP contribution in [0.4, 0.5) is 0 Å². The number of piperidine rings is 1. The molecule has 1 amide bonds. The third-order valence-electron chi connectivity index (χ3n) is 4.98. The van der Waals surface area contributed by atoms with Crippen molar-refractivity contribution >= 4 is 5.91 Å². The Balaban J connectivity index is 1.56. The number of amides is 1. The van der Waals surface area contributed by atoms with Gasteiger partial charge < -0.3 is 5.32 Å². The lowest BCUT2D eigenvalue weighted by Gasteiger charge is -2.35. The molecule has 0 spiro atoms. The summed E-state index contributed by atoms with van der Waals surface area (Å²) in [5.41, 5.74) is 1.32. The predicted molar refractivity (Wildman–Crippen MR) is 98.0 cm³/mol. The number of rotatable bonds is 6. The van der Waals surface area contributed by atoms with E-state index in [4.69, 9.17) is 0 Å². The van der Waals surface area contributed by atoms with Gasteiger partial charge in [0.1, 0.15) is 5.69 Å². The standard InChI is InChI=1S/C18H26N6O2/c1-14-12-16(21-22(14)2)18(26)19-13-15-6-3-4-9-23(15)10-11-24-17(25)7-5-8-20-24/h5,7-8,12,15H,3-4,6,9-11,13H2,1-2H3,(H,19,26). The van der Waals surface area contributed by atoms with Gasteiger partial charge in [-0.05, 0) is 38.4 Å². The molecule has 8 heteroatoms. The van der Waals surface area contributed by atoms with Crippen LogP contribution in [0.3, 0.4) is 0 Å². The quantitative estimate of drug-likeness (QED) is 0.816. The third-order valence-corrected chi connectivity index (χ3v) is 4.98. The first-order valence-corrected chi connectivity index (χ1v) is 9.09. The molecule has 1 unspecified atom stereocenters. The van der Waals surface area contributed by atoms with E-state index in [0.717, 1.165) is 38.0 Å². The number of carbonyl (C=O) groups is 1. The maximum Gasteiger partial charge on any atom is 0.271 e. The highest BCUT2D eigenvalue weighted by Crippen LogP contribution is 2.16. The van der Waals surface area contributed by atoms with E-state index >= 15 is 0 Å². The highest BCUT2D eigenvalue weighted by atomic mass is 16.2. The van der Waals surface area contributed by atoms with Crippen molar-refractivity contribution in [2.75, 3.05) is 19.6 Å². The van der Waals surface area contributed by atoms with Crippen molar-refractivity contribution in [3.8, 4) is 0 Å². The van der Waals surface area contributed by atoms with Gasteiger partial charge >= 0.3 is 0 Å². The average Bonchev–Trinajstić information content (AvgIpc) is 2.98. The highest BCUT2D eigenvalue weighted by molar-refractivity contribution is 5.92. The van der Waals surface area contributed by atoms with Gasteiger partial charge in [0.2, 0.25) is 0 Å². The Morgan fingerprint density at radius 2 is 2.19 bits per heavy atom. The van der Waals surface area contributed by atoms with E-state index in [0.29, 0.717) is 18.8 Å². The molecule has 1 fully saturated rings. The third kappa shape index (κ3) is 4.37. The molecular formula is C18H26N6O2. The van der Waals surface area contributed by atoms with E-state index in [-0.39, 0.29) is 17.5 Å². The molecule has 0 aliphatic carbocycles. The van der Waals surface area contributed by atoms with Gasteiger partial charge in [0.05, 0.1) is 6.54 Å². The Bertz CT molecular complexity index is 793. The maximum absolute atomic E-state index is 12.3. The molecule has 0 saturated carbocycles. The molecule has 1 saturated heterocycles. The maximum atomic E-state index is 12.3. The summed E-state index contributed by atoms with van der Waals surface area (Å²) in [5, 5.41) is 11.3. The fourth-order valence-corrected chi connectivity index (χ4v) is 3.34. The fraction of sp³-hybridized carbons (Fsp3) is 0.556. The molecule has 0 aromatic carbocycles. The lowest BCUT2D eigenvalue weighted by molar-refractivity contribution is 0.0903. The first-order valence-electron chi connectivity index (χ1n) is 9.09. The van der Waals surface area contributed by atoms with Crippen molar-refractivity contribution in [3.05, 3.63) is 46.1 Å². The number of hydrogen-bond acceptors (Lipinski definition) is 5. The van der Waals surface area contributed by atoms with Crippen molar-refractivity contribution < 1.29 is 4.79 Å². The number of aromatic nitrogens is 4. The van der Waals surface area contributed by atoms with Crippen molar-refractivity contribution in [1.82, 2.24) is 29.8 Å². The minimum Gasteiger partial charge on any atom is -0.349 e. The van der Waals surface area contributed by atoms with Crippen LogP contribution < -0.4 is 10.9 Å². The minimum absolute atomic E-state index is 0.0834. The Hall–Kier alpha value is -2.48. The van der Waals surface area contributed by atoms with Gasteiger partial charge in [-0.3, -0.25) is 19.2 Å². The van der Waals surface area contributed by atoms with Crippen LogP contribution >= 0.6 is 0 Å². The molecule has 3 rings (SSSR count). The average molecular weight is 358 g/mol. The van der Waals surface area contributed by atoms with Crippen molar-refractivity contribution in [3.63, 3.8) is 0 Å². The summed E-state index contributed by atoms with van der Waals surface area (Å²) in [6.45, 7) is 4.80. The molecule has 26 heavy (non-hydrogen) atoms. The van der Waals surface area contributed by atoms with Crippen LogP contribution in [0.1, 0.15) is 35.4 Å². The SMILES string of the molecule is Cc1cc(C(=O)NCC2CCCCN2CCn2ncccc2=O)nn1C. The Kier molecular flexibility index (Phi) is 5.82. The number of nitrogens with zero attached hydrogens (tertiary/aromatic N) is 5. The Morgan fingerprint density at radius 3 is 2.92 bits per heavy atom. The highest BCUT2D eigenvalue weighted by Gasteiger charge is 2.23. The van der Waals surface area contributed by atoms with Gasteiger partial charge in [-0.2, -0.15) is 10.2 Å². The summed E-state index contributed by atoms with van der Waals surface area (Å²) in [7, 11) is 1.83. The lowest BCUT2D eigenvalue weighted by atomic mass is 10.0. The number of aryl methyl sites for hydroxylation is 2. The second-order valence-electron chi connectivity index (χ2n) is 6.78. The molecule has 1 aliphatic heterocycles. The Morgan fingerprint density at radius 1 is 1.35 bits per heavy atom. The zero-order valence-corrected chi connectivity index (χ0v) is 15.4. The van der Waals surface area contributed by atoms with Crippen molar-refractivity contribution in [2.24, 2.45) is 7.05 Å². The number of hydrogen-bond donors (Lipinski definition) is 1. The molecule has 1 N–H and O–H groups in total. The van der Waals surface area contributed by atoms with E-state index in [1.165, 1.54) is 10.7 Å². The zero-order valence-electron chi connectivity index (χ0n) is 15.4. The van der Waals surface area contributed by atoms with Crippen LogP contribution in [-0.4, -0.2) is 56.0 Å². The van der Waals surface area contributed by atoms with Gasteiger partial charge in [0, 0.05) is 44.1 Å². The molecule has 8 nitrogen and oxygen atoms in total. The van der Waals surface area contributed by atoms with Crippen LogP contribution in [-0.2, 0) is 13.6 Å². The topological polar surface area (TPSA) is 85.1 Å². The molecule has 0 bridgehead atoms. The lowest BCUT2D eigenvalue weighted by Crippen LogP contribution is -2.48. The number of nitrogens with one attached hydrogen (secondary N) is 1. The predicted octanol–water partition coefficient (Wildman–Crippen LogP) is 0.570. The molecule has 1 aliphatic rings. The first-order chi connectivity index (χ1) is 12.5. The second-order valence-corrected chi connectivity index (χ2v) is 6.78.